The van der Waals surface area contributed by atoms with E-state index in [-0.39, 0.29) is 12.5 Å². The van der Waals surface area contributed by atoms with Gasteiger partial charge in [0, 0.05) is 18.1 Å². The number of rotatable bonds is 6. The summed E-state index contributed by atoms with van der Waals surface area (Å²) >= 11 is 6.13. The Morgan fingerprint density at radius 1 is 1.10 bits per heavy atom. The second-order valence-electron chi connectivity index (χ2n) is 6.29. The van der Waals surface area contributed by atoms with Crippen molar-refractivity contribution < 1.29 is 14.3 Å². The number of carbonyl (C=O) groups excluding carboxylic acids is 1. The second kappa shape index (κ2) is 8.24. The molecule has 7 heteroatoms. The van der Waals surface area contributed by atoms with Crippen LogP contribution in [0.3, 0.4) is 0 Å². The van der Waals surface area contributed by atoms with Crippen molar-refractivity contribution in [1.82, 2.24) is 9.38 Å². The smallest absolute Gasteiger partial charge is 0.259 e. The Labute approximate surface area is 172 Å². The van der Waals surface area contributed by atoms with Gasteiger partial charge in [-0.05, 0) is 42.5 Å². The van der Waals surface area contributed by atoms with Gasteiger partial charge in [-0.3, -0.25) is 4.79 Å². The molecule has 1 N–H and O–H groups in total. The van der Waals surface area contributed by atoms with Gasteiger partial charge in [0.15, 0.2) is 0 Å². The summed E-state index contributed by atoms with van der Waals surface area (Å²) in [6.07, 6.45) is 3.82. The van der Waals surface area contributed by atoms with Crippen LogP contribution in [-0.2, 0) is 6.61 Å². The maximum absolute atomic E-state index is 12.8. The number of nitrogens with zero attached hydrogens (tertiary/aromatic N) is 2. The molecule has 0 aliphatic rings. The minimum atomic E-state index is -0.295. The molecular weight excluding hydrogens is 390 g/mol. The third kappa shape index (κ3) is 4.17. The van der Waals surface area contributed by atoms with Crippen molar-refractivity contribution in [2.45, 2.75) is 6.61 Å². The number of para-hydroxylation sites is 1. The zero-order valence-corrected chi connectivity index (χ0v) is 16.4. The van der Waals surface area contributed by atoms with Crippen LogP contribution in [0.1, 0.15) is 16.1 Å². The predicted octanol–water partition coefficient (Wildman–Crippen LogP) is 4.83. The number of imidazole rings is 1. The summed E-state index contributed by atoms with van der Waals surface area (Å²) in [7, 11) is 1.54. The lowest BCUT2D eigenvalue weighted by atomic mass is 10.2. The zero-order chi connectivity index (χ0) is 20.2. The lowest BCUT2D eigenvalue weighted by molar-refractivity contribution is 0.102. The largest absolute Gasteiger partial charge is 0.495 e. The van der Waals surface area contributed by atoms with E-state index in [1.54, 1.807) is 36.4 Å². The van der Waals surface area contributed by atoms with Gasteiger partial charge in [0.05, 0.1) is 23.4 Å². The van der Waals surface area contributed by atoms with Crippen LogP contribution in [0.2, 0.25) is 5.02 Å². The van der Waals surface area contributed by atoms with Gasteiger partial charge < -0.3 is 19.2 Å². The first-order valence-corrected chi connectivity index (χ1v) is 9.31. The highest BCUT2D eigenvalue weighted by Crippen LogP contribution is 2.28. The minimum Gasteiger partial charge on any atom is -0.495 e. The topological polar surface area (TPSA) is 64.9 Å². The normalized spacial score (nSPS) is 10.7. The summed E-state index contributed by atoms with van der Waals surface area (Å²) in [5, 5.41) is 3.25. The molecule has 146 valence electrons. The van der Waals surface area contributed by atoms with Gasteiger partial charge in [0.25, 0.3) is 5.91 Å². The molecule has 0 saturated heterocycles. The van der Waals surface area contributed by atoms with Gasteiger partial charge in [-0.1, -0.05) is 29.8 Å². The monoisotopic (exact) mass is 407 g/mol. The fraction of sp³-hybridized carbons (Fsp3) is 0.0909. The van der Waals surface area contributed by atoms with E-state index in [9.17, 15) is 4.79 Å². The maximum atomic E-state index is 12.8. The molecule has 0 spiro atoms. The van der Waals surface area contributed by atoms with Gasteiger partial charge >= 0.3 is 0 Å². The number of amides is 1. The molecule has 0 saturated carbocycles. The molecule has 0 radical (unpaired) electrons. The molecule has 0 aliphatic carbocycles. The minimum absolute atomic E-state index is 0.250. The van der Waals surface area contributed by atoms with Crippen molar-refractivity contribution in [1.29, 1.82) is 0 Å². The van der Waals surface area contributed by atoms with Crippen molar-refractivity contribution in [3.63, 3.8) is 0 Å². The highest BCUT2D eigenvalue weighted by Gasteiger charge is 2.14. The van der Waals surface area contributed by atoms with E-state index < -0.39 is 0 Å². The highest BCUT2D eigenvalue weighted by atomic mass is 35.5. The molecule has 29 heavy (non-hydrogen) atoms. The summed E-state index contributed by atoms with van der Waals surface area (Å²) in [4.78, 5) is 17.3. The number of hydrogen-bond acceptors (Lipinski definition) is 4. The van der Waals surface area contributed by atoms with Crippen LogP contribution < -0.4 is 14.8 Å². The van der Waals surface area contributed by atoms with Crippen LogP contribution in [0.4, 0.5) is 5.69 Å². The average Bonchev–Trinajstić information content (AvgIpc) is 3.15. The third-order valence-corrected chi connectivity index (χ3v) is 4.63. The third-order valence-electron chi connectivity index (χ3n) is 4.33. The van der Waals surface area contributed by atoms with Gasteiger partial charge in [-0.15, -0.1) is 0 Å². The first kappa shape index (κ1) is 18.8. The number of fused-ring (bicyclic) bond motifs is 1. The summed E-state index contributed by atoms with van der Waals surface area (Å²) in [6.45, 7) is 0.250. The van der Waals surface area contributed by atoms with Crippen molar-refractivity contribution in [2.24, 2.45) is 0 Å². The number of halogens is 1. The fourth-order valence-electron chi connectivity index (χ4n) is 2.93. The van der Waals surface area contributed by atoms with Crippen molar-refractivity contribution in [3.8, 4) is 11.5 Å². The Balaban J connectivity index is 1.49. The van der Waals surface area contributed by atoms with E-state index in [0.29, 0.717) is 27.8 Å². The number of hydrogen-bond donors (Lipinski definition) is 1. The van der Waals surface area contributed by atoms with Crippen LogP contribution >= 0.6 is 11.6 Å². The first-order chi connectivity index (χ1) is 14.1. The lowest BCUT2D eigenvalue weighted by Gasteiger charge is -2.12. The Kier molecular flexibility index (Phi) is 5.35. The molecule has 2 aromatic carbocycles. The van der Waals surface area contributed by atoms with Crippen molar-refractivity contribution in [2.75, 3.05) is 12.4 Å². The summed E-state index contributed by atoms with van der Waals surface area (Å²) < 4.78 is 12.9. The van der Waals surface area contributed by atoms with E-state index >= 15 is 0 Å². The summed E-state index contributed by atoms with van der Waals surface area (Å²) in [5.74, 6) is 0.722. The molecule has 2 aromatic heterocycles. The second-order valence-corrected chi connectivity index (χ2v) is 6.69. The molecule has 0 fully saturated rings. The molecule has 1 amide bonds. The number of aromatic nitrogens is 2. The van der Waals surface area contributed by atoms with Gasteiger partial charge in [0.2, 0.25) is 0 Å². The SMILES string of the molecule is COc1ccc(NC(=O)c2ccccc2OCc2cn3ccccc3n2)cc1Cl. The number of benzene rings is 2. The van der Waals surface area contributed by atoms with E-state index in [4.69, 9.17) is 21.1 Å². The highest BCUT2D eigenvalue weighted by molar-refractivity contribution is 6.32. The van der Waals surface area contributed by atoms with Crippen LogP contribution in [0, 0.1) is 0 Å². The first-order valence-electron chi connectivity index (χ1n) is 8.93. The van der Waals surface area contributed by atoms with E-state index in [2.05, 4.69) is 10.3 Å². The van der Waals surface area contributed by atoms with Crippen LogP contribution in [-0.4, -0.2) is 22.4 Å². The average molecular weight is 408 g/mol. The Morgan fingerprint density at radius 3 is 2.72 bits per heavy atom. The molecule has 0 atom stereocenters. The number of methoxy groups -OCH3 is 1. The Hall–Kier alpha value is -3.51. The number of anilines is 1. The van der Waals surface area contributed by atoms with Crippen LogP contribution in [0.5, 0.6) is 11.5 Å². The van der Waals surface area contributed by atoms with Crippen LogP contribution in [0.15, 0.2) is 73.1 Å². The summed E-state index contributed by atoms with van der Waals surface area (Å²) in [6, 6.07) is 17.9. The molecule has 0 bridgehead atoms. The van der Waals surface area contributed by atoms with E-state index in [0.717, 1.165) is 11.3 Å². The van der Waals surface area contributed by atoms with E-state index in [1.165, 1.54) is 7.11 Å². The standard InChI is InChI=1S/C22H18ClN3O3/c1-28-20-10-9-15(12-18(20)23)25-22(27)17-6-2-3-7-19(17)29-14-16-13-26-11-5-4-8-21(26)24-16/h2-13H,14H2,1H3,(H,25,27). The van der Waals surface area contributed by atoms with E-state index in [1.807, 2.05) is 41.1 Å². The number of ether oxygens (including phenoxy) is 2. The lowest BCUT2D eigenvalue weighted by Crippen LogP contribution is -2.13. The van der Waals surface area contributed by atoms with Crippen molar-refractivity contribution in [3.05, 3.63) is 89.3 Å². The molecule has 4 aromatic rings. The molecular formula is C22H18ClN3O3. The molecule has 0 unspecified atom stereocenters. The zero-order valence-electron chi connectivity index (χ0n) is 15.6. The summed E-state index contributed by atoms with van der Waals surface area (Å²) in [5.41, 5.74) is 2.60. The van der Waals surface area contributed by atoms with Crippen LogP contribution in [0.25, 0.3) is 5.65 Å². The molecule has 6 nitrogen and oxygen atoms in total. The predicted molar refractivity (Wildman–Crippen MR) is 112 cm³/mol. The van der Waals surface area contributed by atoms with Gasteiger partial charge in [-0.2, -0.15) is 0 Å². The fourth-order valence-corrected chi connectivity index (χ4v) is 3.19. The molecule has 0 aliphatic heterocycles. The van der Waals surface area contributed by atoms with Crippen molar-refractivity contribution >= 4 is 28.8 Å². The molecule has 4 rings (SSSR count). The van der Waals surface area contributed by atoms with Gasteiger partial charge in [0.1, 0.15) is 23.8 Å². The number of carbonyl (C=O) groups is 1. The Morgan fingerprint density at radius 2 is 1.93 bits per heavy atom. The quantitative estimate of drug-likeness (QED) is 0.497. The Bertz CT molecular complexity index is 1140. The number of nitrogens with one attached hydrogen (secondary N) is 1. The van der Waals surface area contributed by atoms with Gasteiger partial charge in [-0.25, -0.2) is 4.98 Å². The number of pyridine rings is 1. The maximum Gasteiger partial charge on any atom is 0.259 e. The molecule has 2 heterocycles.